The average Bonchev–Trinajstić information content (AvgIpc) is 2.45. The van der Waals surface area contributed by atoms with E-state index in [2.05, 4.69) is 46.5 Å². The Hall–Kier alpha value is -0.580. The topological polar surface area (TPSA) is 26.7 Å². The fraction of sp³-hybridized carbons (Fsp3) is 0.647. The van der Waals surface area contributed by atoms with Gasteiger partial charge in [-0.3, -0.25) is 4.90 Å². The van der Waals surface area contributed by atoms with Gasteiger partial charge in [-0.1, -0.05) is 36.7 Å². The Morgan fingerprint density at radius 1 is 1.14 bits per heavy atom. The van der Waals surface area contributed by atoms with Gasteiger partial charge < -0.3 is 10.0 Å². The van der Waals surface area contributed by atoms with Crippen LogP contribution in [0.1, 0.15) is 32.8 Å². The average molecular weight is 355 g/mol. The van der Waals surface area contributed by atoms with Crippen LogP contribution < -0.4 is 0 Å². The summed E-state index contributed by atoms with van der Waals surface area (Å²) in [4.78, 5) is 5.00. The van der Waals surface area contributed by atoms with E-state index in [0.29, 0.717) is 11.2 Å². The van der Waals surface area contributed by atoms with E-state index >= 15 is 0 Å². The Balaban J connectivity index is 1.85. The Kier molecular flexibility index (Phi) is 5.69. The Bertz CT molecular complexity index is 468. The molecule has 1 aliphatic rings. The van der Waals surface area contributed by atoms with Crippen molar-refractivity contribution in [2.45, 2.75) is 33.7 Å². The molecule has 0 bridgehead atoms. The van der Waals surface area contributed by atoms with E-state index in [1.165, 1.54) is 13.0 Å². The van der Waals surface area contributed by atoms with E-state index in [0.717, 1.165) is 42.8 Å². The zero-order valence-corrected chi connectivity index (χ0v) is 15.0. The SMILES string of the molecule is CCC(C)(C)CN1CCN(Cc2cc(Br)ccc2O)CC1. The minimum absolute atomic E-state index is 0.396. The van der Waals surface area contributed by atoms with Gasteiger partial charge in [0.15, 0.2) is 0 Å². The van der Waals surface area contributed by atoms with Crippen molar-refractivity contribution in [2.75, 3.05) is 32.7 Å². The highest BCUT2D eigenvalue weighted by molar-refractivity contribution is 9.10. The van der Waals surface area contributed by atoms with Crippen LogP contribution in [0.15, 0.2) is 22.7 Å². The molecule has 0 unspecified atom stereocenters. The Labute approximate surface area is 137 Å². The molecule has 4 heteroatoms. The van der Waals surface area contributed by atoms with E-state index in [-0.39, 0.29) is 0 Å². The lowest BCUT2D eigenvalue weighted by Crippen LogP contribution is -2.48. The molecule has 1 heterocycles. The zero-order valence-electron chi connectivity index (χ0n) is 13.4. The first kappa shape index (κ1) is 16.8. The van der Waals surface area contributed by atoms with Gasteiger partial charge in [0.05, 0.1) is 0 Å². The van der Waals surface area contributed by atoms with Crippen molar-refractivity contribution in [3.05, 3.63) is 28.2 Å². The molecule has 3 nitrogen and oxygen atoms in total. The molecule has 21 heavy (non-hydrogen) atoms. The van der Waals surface area contributed by atoms with E-state index in [4.69, 9.17) is 0 Å². The highest BCUT2D eigenvalue weighted by atomic mass is 79.9. The molecule has 0 amide bonds. The molecule has 1 saturated heterocycles. The highest BCUT2D eigenvalue weighted by Crippen LogP contribution is 2.25. The summed E-state index contributed by atoms with van der Waals surface area (Å²) >= 11 is 3.47. The fourth-order valence-corrected chi connectivity index (χ4v) is 3.15. The smallest absolute Gasteiger partial charge is 0.120 e. The lowest BCUT2D eigenvalue weighted by atomic mass is 9.89. The van der Waals surface area contributed by atoms with Gasteiger partial charge in [-0.25, -0.2) is 0 Å². The van der Waals surface area contributed by atoms with Crippen LogP contribution in [0.25, 0.3) is 0 Å². The Morgan fingerprint density at radius 3 is 2.38 bits per heavy atom. The fourth-order valence-electron chi connectivity index (χ4n) is 2.74. The lowest BCUT2D eigenvalue weighted by Gasteiger charge is -2.38. The molecule has 0 aromatic heterocycles. The number of phenolic OH excluding ortho intramolecular Hbond substituents is 1. The molecular weight excluding hydrogens is 328 g/mol. The van der Waals surface area contributed by atoms with Gasteiger partial charge in [-0.2, -0.15) is 0 Å². The molecule has 1 aliphatic heterocycles. The van der Waals surface area contributed by atoms with Gasteiger partial charge in [0.25, 0.3) is 0 Å². The van der Waals surface area contributed by atoms with Crippen LogP contribution in [0.2, 0.25) is 0 Å². The first-order valence-corrected chi connectivity index (χ1v) is 8.61. The first-order valence-electron chi connectivity index (χ1n) is 7.82. The van der Waals surface area contributed by atoms with Crippen LogP contribution >= 0.6 is 15.9 Å². The van der Waals surface area contributed by atoms with Crippen molar-refractivity contribution in [3.8, 4) is 5.75 Å². The van der Waals surface area contributed by atoms with Crippen LogP contribution in [-0.2, 0) is 6.54 Å². The number of hydrogen-bond acceptors (Lipinski definition) is 3. The van der Waals surface area contributed by atoms with E-state index < -0.39 is 0 Å². The Morgan fingerprint density at radius 2 is 1.76 bits per heavy atom. The second-order valence-corrected chi connectivity index (χ2v) is 7.76. The number of piperazine rings is 1. The summed E-state index contributed by atoms with van der Waals surface area (Å²) in [5.74, 6) is 0.396. The molecule has 118 valence electrons. The normalized spacial score (nSPS) is 18.1. The maximum Gasteiger partial charge on any atom is 0.120 e. The second-order valence-electron chi connectivity index (χ2n) is 6.84. The predicted molar refractivity (Wildman–Crippen MR) is 91.6 cm³/mol. The largest absolute Gasteiger partial charge is 0.508 e. The van der Waals surface area contributed by atoms with Crippen molar-refractivity contribution >= 4 is 15.9 Å². The van der Waals surface area contributed by atoms with Crippen LogP contribution in [-0.4, -0.2) is 47.6 Å². The van der Waals surface area contributed by atoms with Gasteiger partial charge in [0, 0.05) is 49.3 Å². The number of phenols is 1. The predicted octanol–water partition coefficient (Wildman–Crippen LogP) is 3.71. The summed E-state index contributed by atoms with van der Waals surface area (Å²) in [5, 5.41) is 9.94. The monoisotopic (exact) mass is 354 g/mol. The third-order valence-electron chi connectivity index (χ3n) is 4.51. The molecule has 1 N–H and O–H groups in total. The minimum atomic E-state index is 0.396. The number of benzene rings is 1. The molecular formula is C17H27BrN2O. The molecule has 0 atom stereocenters. The van der Waals surface area contributed by atoms with Gasteiger partial charge >= 0.3 is 0 Å². The standard InChI is InChI=1S/C17H27BrN2O/c1-4-17(2,3)13-20-9-7-19(8-10-20)12-14-11-15(18)5-6-16(14)21/h5-6,11,21H,4,7-10,12-13H2,1-3H3. The summed E-state index contributed by atoms with van der Waals surface area (Å²) in [7, 11) is 0. The molecule has 1 aromatic carbocycles. The first-order chi connectivity index (χ1) is 9.89. The van der Waals surface area contributed by atoms with Gasteiger partial charge in [0.2, 0.25) is 0 Å². The van der Waals surface area contributed by atoms with Crippen molar-refractivity contribution in [1.82, 2.24) is 9.80 Å². The van der Waals surface area contributed by atoms with E-state index in [1.54, 1.807) is 6.07 Å². The molecule has 0 aliphatic carbocycles. The maximum atomic E-state index is 9.94. The summed E-state index contributed by atoms with van der Waals surface area (Å²) in [6.07, 6.45) is 1.22. The number of halogens is 1. The second kappa shape index (κ2) is 7.12. The summed E-state index contributed by atoms with van der Waals surface area (Å²) in [6, 6.07) is 5.66. The van der Waals surface area contributed by atoms with Crippen molar-refractivity contribution in [3.63, 3.8) is 0 Å². The zero-order chi connectivity index (χ0) is 15.5. The van der Waals surface area contributed by atoms with E-state index in [9.17, 15) is 5.11 Å². The summed E-state index contributed by atoms with van der Waals surface area (Å²) in [5.41, 5.74) is 1.41. The third kappa shape index (κ3) is 4.97. The maximum absolute atomic E-state index is 9.94. The molecule has 1 fully saturated rings. The minimum Gasteiger partial charge on any atom is -0.508 e. The molecule has 2 rings (SSSR count). The molecule has 1 aromatic rings. The third-order valence-corrected chi connectivity index (χ3v) is 5.00. The lowest BCUT2D eigenvalue weighted by molar-refractivity contribution is 0.0912. The highest BCUT2D eigenvalue weighted by Gasteiger charge is 2.23. The molecule has 0 radical (unpaired) electrons. The molecule has 0 spiro atoms. The van der Waals surface area contributed by atoms with Crippen LogP contribution in [0.4, 0.5) is 0 Å². The van der Waals surface area contributed by atoms with Gasteiger partial charge in [-0.15, -0.1) is 0 Å². The number of rotatable bonds is 5. The van der Waals surface area contributed by atoms with Crippen LogP contribution in [0.5, 0.6) is 5.75 Å². The number of hydrogen-bond donors (Lipinski definition) is 1. The van der Waals surface area contributed by atoms with Crippen molar-refractivity contribution in [2.24, 2.45) is 5.41 Å². The van der Waals surface area contributed by atoms with Crippen molar-refractivity contribution in [1.29, 1.82) is 0 Å². The quantitative estimate of drug-likeness (QED) is 0.872. The molecule has 0 saturated carbocycles. The van der Waals surface area contributed by atoms with Crippen LogP contribution in [0, 0.1) is 5.41 Å². The summed E-state index contributed by atoms with van der Waals surface area (Å²) < 4.78 is 1.03. The summed E-state index contributed by atoms with van der Waals surface area (Å²) in [6.45, 7) is 13.4. The number of nitrogens with zero attached hydrogens (tertiary/aromatic N) is 2. The van der Waals surface area contributed by atoms with Crippen molar-refractivity contribution < 1.29 is 5.11 Å². The van der Waals surface area contributed by atoms with Crippen LogP contribution in [0.3, 0.4) is 0 Å². The number of aromatic hydroxyl groups is 1. The van der Waals surface area contributed by atoms with Gasteiger partial charge in [0.1, 0.15) is 5.75 Å². The van der Waals surface area contributed by atoms with Gasteiger partial charge in [-0.05, 0) is 30.0 Å². The van der Waals surface area contributed by atoms with E-state index in [1.807, 2.05) is 12.1 Å².